The molecule has 0 aliphatic carbocycles. The molecule has 0 saturated heterocycles. The summed E-state index contributed by atoms with van der Waals surface area (Å²) in [7, 11) is 0. The predicted molar refractivity (Wildman–Crippen MR) is 52.0 cm³/mol. The fourth-order valence-corrected chi connectivity index (χ4v) is 1.52. The molecule has 80 valence electrons. The van der Waals surface area contributed by atoms with E-state index in [9.17, 15) is 14.7 Å². The van der Waals surface area contributed by atoms with E-state index in [2.05, 4.69) is 0 Å². The Labute approximate surface area is 93.5 Å². The Bertz CT molecular complexity index is 455. The van der Waals surface area contributed by atoms with Crippen molar-refractivity contribution in [2.24, 2.45) is 0 Å². The van der Waals surface area contributed by atoms with Crippen molar-refractivity contribution in [2.45, 2.75) is 0 Å². The average Bonchev–Trinajstić information content (AvgIpc) is 2.12. The largest absolute Gasteiger partial charge is 0.505 e. The summed E-state index contributed by atoms with van der Waals surface area (Å²) in [4.78, 5) is 21.4. The third-order valence-corrected chi connectivity index (χ3v) is 2.29. The van der Waals surface area contributed by atoms with Crippen LogP contribution in [-0.2, 0) is 0 Å². The number of carboxylic acid groups (broad SMARTS) is 2. The molecular weight excluding hydrogens is 247 g/mol. The minimum absolute atomic E-state index is 0.317. The average molecular weight is 251 g/mol. The first-order valence-corrected chi connectivity index (χ1v) is 4.29. The lowest BCUT2D eigenvalue weighted by Gasteiger charge is -2.07. The van der Waals surface area contributed by atoms with Crippen LogP contribution in [0.15, 0.2) is 6.07 Å². The van der Waals surface area contributed by atoms with Crippen LogP contribution in [0.4, 0.5) is 0 Å². The van der Waals surface area contributed by atoms with Gasteiger partial charge in [0.25, 0.3) is 0 Å². The van der Waals surface area contributed by atoms with Crippen molar-refractivity contribution in [1.82, 2.24) is 0 Å². The maximum absolute atomic E-state index is 10.7. The highest BCUT2D eigenvalue weighted by molar-refractivity contribution is 6.39. The Morgan fingerprint density at radius 3 is 2.07 bits per heavy atom. The normalized spacial score (nSPS) is 10.0. The number of benzene rings is 1. The van der Waals surface area contributed by atoms with Crippen molar-refractivity contribution in [1.29, 1.82) is 0 Å². The first-order valence-electron chi connectivity index (χ1n) is 3.53. The Morgan fingerprint density at radius 1 is 1.13 bits per heavy atom. The van der Waals surface area contributed by atoms with Gasteiger partial charge < -0.3 is 15.3 Å². The summed E-state index contributed by atoms with van der Waals surface area (Å²) in [6.07, 6.45) is 0. The van der Waals surface area contributed by atoms with Crippen LogP contribution in [0.5, 0.6) is 5.75 Å². The van der Waals surface area contributed by atoms with E-state index in [-0.39, 0.29) is 5.02 Å². The van der Waals surface area contributed by atoms with Gasteiger partial charge in [-0.1, -0.05) is 23.2 Å². The van der Waals surface area contributed by atoms with E-state index < -0.39 is 33.8 Å². The van der Waals surface area contributed by atoms with Crippen molar-refractivity contribution in [3.63, 3.8) is 0 Å². The third-order valence-electron chi connectivity index (χ3n) is 1.64. The molecular formula is C8H4Cl2O5. The fourth-order valence-electron chi connectivity index (χ4n) is 0.986. The molecule has 1 aromatic rings. The van der Waals surface area contributed by atoms with Crippen molar-refractivity contribution in [2.75, 3.05) is 0 Å². The predicted octanol–water partition coefficient (Wildman–Crippen LogP) is 2.10. The number of aromatic hydroxyl groups is 1. The van der Waals surface area contributed by atoms with Crippen LogP contribution in [0.3, 0.4) is 0 Å². The van der Waals surface area contributed by atoms with E-state index in [0.717, 1.165) is 6.07 Å². The molecule has 15 heavy (non-hydrogen) atoms. The van der Waals surface area contributed by atoms with Crippen LogP contribution in [-0.4, -0.2) is 27.3 Å². The lowest BCUT2D eigenvalue weighted by atomic mass is 10.1. The summed E-state index contributed by atoms with van der Waals surface area (Å²) >= 11 is 10.9. The molecule has 7 heteroatoms. The maximum atomic E-state index is 10.7. The quantitative estimate of drug-likeness (QED) is 0.747. The molecule has 0 amide bonds. The molecule has 0 aromatic heterocycles. The summed E-state index contributed by atoms with van der Waals surface area (Å²) in [5.41, 5.74) is -1.26. The molecule has 0 aliphatic rings. The zero-order chi connectivity index (χ0) is 11.7. The van der Waals surface area contributed by atoms with Crippen LogP contribution in [0.2, 0.25) is 10.0 Å². The van der Waals surface area contributed by atoms with Crippen molar-refractivity contribution < 1.29 is 24.9 Å². The molecule has 0 atom stereocenters. The van der Waals surface area contributed by atoms with Crippen LogP contribution in [0.1, 0.15) is 20.7 Å². The number of rotatable bonds is 2. The van der Waals surface area contributed by atoms with E-state index in [4.69, 9.17) is 33.4 Å². The zero-order valence-electron chi connectivity index (χ0n) is 6.99. The minimum atomic E-state index is -1.55. The van der Waals surface area contributed by atoms with Gasteiger partial charge in [-0.25, -0.2) is 9.59 Å². The number of phenolic OH excluding ortho intramolecular Hbond substituents is 1. The van der Waals surface area contributed by atoms with E-state index in [1.54, 1.807) is 0 Å². The van der Waals surface area contributed by atoms with Crippen LogP contribution < -0.4 is 0 Å². The summed E-state index contributed by atoms with van der Waals surface area (Å²) in [6.45, 7) is 0. The second-order valence-electron chi connectivity index (χ2n) is 2.55. The van der Waals surface area contributed by atoms with Crippen LogP contribution in [0.25, 0.3) is 0 Å². The highest BCUT2D eigenvalue weighted by atomic mass is 35.5. The SMILES string of the molecule is O=C(O)c1cc(Cl)c(O)c(Cl)c1C(=O)O. The molecule has 0 unspecified atom stereocenters. The summed E-state index contributed by atoms with van der Waals surface area (Å²) in [6, 6.07) is 0.828. The van der Waals surface area contributed by atoms with Gasteiger partial charge in [-0.3, -0.25) is 0 Å². The summed E-state index contributed by atoms with van der Waals surface area (Å²) in [5, 5.41) is 25.7. The van der Waals surface area contributed by atoms with Gasteiger partial charge in [0, 0.05) is 0 Å². The smallest absolute Gasteiger partial charge is 0.338 e. The molecule has 0 spiro atoms. The maximum Gasteiger partial charge on any atom is 0.338 e. The van der Waals surface area contributed by atoms with Crippen molar-refractivity contribution >= 4 is 35.1 Å². The molecule has 1 aromatic carbocycles. The van der Waals surface area contributed by atoms with E-state index in [1.807, 2.05) is 0 Å². The molecule has 0 saturated carbocycles. The standard InChI is InChI=1S/C8H4Cl2O5/c9-3-1-2(7(12)13)4(8(14)15)5(10)6(3)11/h1,11H,(H,12,13)(H,14,15). The first-order chi connectivity index (χ1) is 6.86. The van der Waals surface area contributed by atoms with Gasteiger partial charge in [0.15, 0.2) is 5.75 Å². The summed E-state index contributed by atoms with van der Waals surface area (Å²) in [5.74, 6) is -3.69. The first kappa shape index (κ1) is 11.6. The Hall–Kier alpha value is -1.46. The van der Waals surface area contributed by atoms with Gasteiger partial charge in [-0.15, -0.1) is 0 Å². The number of carboxylic acids is 2. The number of hydrogen-bond acceptors (Lipinski definition) is 3. The molecule has 0 aliphatic heterocycles. The second-order valence-corrected chi connectivity index (χ2v) is 3.34. The van der Waals surface area contributed by atoms with E-state index in [1.165, 1.54) is 0 Å². The Morgan fingerprint density at radius 2 is 1.67 bits per heavy atom. The molecule has 0 bridgehead atoms. The monoisotopic (exact) mass is 250 g/mol. The lowest BCUT2D eigenvalue weighted by molar-refractivity contribution is 0.0651. The number of hydrogen-bond donors (Lipinski definition) is 3. The van der Waals surface area contributed by atoms with E-state index in [0.29, 0.717) is 0 Å². The van der Waals surface area contributed by atoms with Gasteiger partial charge in [-0.05, 0) is 6.07 Å². The lowest BCUT2D eigenvalue weighted by Crippen LogP contribution is -2.09. The van der Waals surface area contributed by atoms with Gasteiger partial charge in [-0.2, -0.15) is 0 Å². The Balaban J connectivity index is 3.65. The van der Waals surface area contributed by atoms with Gasteiger partial charge >= 0.3 is 11.9 Å². The van der Waals surface area contributed by atoms with Gasteiger partial charge in [0.05, 0.1) is 21.2 Å². The van der Waals surface area contributed by atoms with Gasteiger partial charge in [0.1, 0.15) is 0 Å². The molecule has 1 rings (SSSR count). The number of halogens is 2. The molecule has 3 N–H and O–H groups in total. The minimum Gasteiger partial charge on any atom is -0.505 e. The highest BCUT2D eigenvalue weighted by Gasteiger charge is 2.24. The molecule has 5 nitrogen and oxygen atoms in total. The number of phenols is 1. The van der Waals surface area contributed by atoms with Crippen molar-refractivity contribution in [3.05, 3.63) is 27.2 Å². The highest BCUT2D eigenvalue weighted by Crippen LogP contribution is 2.36. The topological polar surface area (TPSA) is 94.8 Å². The van der Waals surface area contributed by atoms with Gasteiger partial charge in [0.2, 0.25) is 0 Å². The zero-order valence-corrected chi connectivity index (χ0v) is 8.50. The fraction of sp³-hybridized carbons (Fsp3) is 0. The van der Waals surface area contributed by atoms with Crippen LogP contribution >= 0.6 is 23.2 Å². The number of carbonyl (C=O) groups is 2. The van der Waals surface area contributed by atoms with Crippen molar-refractivity contribution in [3.8, 4) is 5.75 Å². The van der Waals surface area contributed by atoms with E-state index >= 15 is 0 Å². The molecule has 0 heterocycles. The van der Waals surface area contributed by atoms with Crippen LogP contribution in [0, 0.1) is 0 Å². The third kappa shape index (κ3) is 1.98. The Kier molecular flexibility index (Phi) is 3.06. The molecule has 0 fully saturated rings. The number of aromatic carboxylic acids is 2. The second kappa shape index (κ2) is 3.96. The molecule has 0 radical (unpaired) electrons. The summed E-state index contributed by atoms with van der Waals surface area (Å²) < 4.78 is 0.